The molecule has 0 saturated heterocycles. The smallest absolute Gasteiger partial charge is 0.145 e. The van der Waals surface area contributed by atoms with E-state index in [1.807, 2.05) is 12.1 Å². The largest absolute Gasteiger partial charge is 0.456 e. The van der Waals surface area contributed by atoms with Gasteiger partial charge >= 0.3 is 0 Å². The van der Waals surface area contributed by atoms with Gasteiger partial charge in [0.05, 0.1) is 6.20 Å². The van der Waals surface area contributed by atoms with Crippen LogP contribution in [0.2, 0.25) is 5.15 Å². The summed E-state index contributed by atoms with van der Waals surface area (Å²) < 4.78 is 5.51. The maximum absolute atomic E-state index is 5.65. The molecule has 3 nitrogen and oxygen atoms in total. The van der Waals surface area contributed by atoms with Gasteiger partial charge in [-0.1, -0.05) is 17.7 Å². The molecular formula is C11H9ClN2O. The monoisotopic (exact) mass is 220 g/mol. The van der Waals surface area contributed by atoms with E-state index in [2.05, 4.69) is 4.98 Å². The minimum atomic E-state index is 0.440. The van der Waals surface area contributed by atoms with Crippen LogP contribution in [0.1, 0.15) is 0 Å². The molecule has 0 amide bonds. The Morgan fingerprint density at radius 3 is 2.67 bits per heavy atom. The Morgan fingerprint density at radius 1 is 1.13 bits per heavy atom. The lowest BCUT2D eigenvalue weighted by atomic mass is 10.3. The molecular weight excluding hydrogens is 212 g/mol. The van der Waals surface area contributed by atoms with Gasteiger partial charge in [-0.25, -0.2) is 4.98 Å². The lowest BCUT2D eigenvalue weighted by molar-refractivity contribution is 0.480. The molecule has 0 aliphatic carbocycles. The van der Waals surface area contributed by atoms with E-state index in [0.717, 1.165) is 0 Å². The summed E-state index contributed by atoms with van der Waals surface area (Å²) in [5.74, 6) is 1.31. The van der Waals surface area contributed by atoms with Gasteiger partial charge in [0, 0.05) is 11.8 Å². The molecule has 1 heterocycles. The molecule has 1 aromatic carbocycles. The molecule has 0 unspecified atom stereocenters. The Labute approximate surface area is 92.5 Å². The van der Waals surface area contributed by atoms with Crippen LogP contribution in [-0.4, -0.2) is 4.98 Å². The molecule has 0 spiro atoms. The first-order valence-electron chi connectivity index (χ1n) is 4.39. The van der Waals surface area contributed by atoms with Gasteiger partial charge in [0.25, 0.3) is 0 Å². The average molecular weight is 221 g/mol. The van der Waals surface area contributed by atoms with E-state index in [0.29, 0.717) is 22.3 Å². The van der Waals surface area contributed by atoms with E-state index in [4.69, 9.17) is 22.1 Å². The first kappa shape index (κ1) is 9.80. The zero-order valence-corrected chi connectivity index (χ0v) is 8.61. The van der Waals surface area contributed by atoms with Crippen molar-refractivity contribution >= 4 is 17.3 Å². The van der Waals surface area contributed by atoms with Gasteiger partial charge in [-0.3, -0.25) is 0 Å². The first-order chi connectivity index (χ1) is 7.24. The van der Waals surface area contributed by atoms with E-state index in [1.165, 1.54) is 0 Å². The lowest BCUT2D eigenvalue weighted by Crippen LogP contribution is -1.88. The van der Waals surface area contributed by atoms with Crippen LogP contribution in [-0.2, 0) is 0 Å². The standard InChI is InChI=1S/C11H9ClN2O/c12-11-5-4-10(7-14-11)15-9-3-1-2-8(13)6-9/h1-7H,13H2. The molecule has 2 rings (SSSR count). The van der Waals surface area contributed by atoms with Gasteiger partial charge in [-0.05, 0) is 24.3 Å². The summed E-state index contributed by atoms with van der Waals surface area (Å²) >= 11 is 5.65. The van der Waals surface area contributed by atoms with Crippen molar-refractivity contribution in [3.05, 3.63) is 47.7 Å². The highest BCUT2D eigenvalue weighted by Crippen LogP contribution is 2.22. The quantitative estimate of drug-likeness (QED) is 0.625. The summed E-state index contributed by atoms with van der Waals surface area (Å²) in [4.78, 5) is 3.91. The highest BCUT2D eigenvalue weighted by atomic mass is 35.5. The van der Waals surface area contributed by atoms with Crippen LogP contribution in [0.25, 0.3) is 0 Å². The fraction of sp³-hybridized carbons (Fsp3) is 0. The lowest BCUT2D eigenvalue weighted by Gasteiger charge is -2.05. The van der Waals surface area contributed by atoms with Crippen molar-refractivity contribution < 1.29 is 4.74 Å². The second-order valence-corrected chi connectivity index (χ2v) is 3.38. The number of rotatable bonds is 2. The third-order valence-corrected chi connectivity index (χ3v) is 2.02. The zero-order valence-electron chi connectivity index (χ0n) is 7.85. The van der Waals surface area contributed by atoms with Crippen LogP contribution >= 0.6 is 11.6 Å². The highest BCUT2D eigenvalue weighted by Gasteiger charge is 1.97. The van der Waals surface area contributed by atoms with Crippen molar-refractivity contribution in [3.8, 4) is 11.5 Å². The van der Waals surface area contributed by atoms with Gasteiger partial charge in [0.2, 0.25) is 0 Å². The van der Waals surface area contributed by atoms with E-state index >= 15 is 0 Å². The number of anilines is 1. The maximum atomic E-state index is 5.65. The van der Waals surface area contributed by atoms with Crippen molar-refractivity contribution in [1.82, 2.24) is 4.98 Å². The minimum Gasteiger partial charge on any atom is -0.456 e. The van der Waals surface area contributed by atoms with Gasteiger partial charge in [0.1, 0.15) is 16.7 Å². The van der Waals surface area contributed by atoms with Crippen molar-refractivity contribution in [3.63, 3.8) is 0 Å². The summed E-state index contributed by atoms with van der Waals surface area (Å²) in [5, 5.41) is 0.440. The van der Waals surface area contributed by atoms with Crippen LogP contribution in [0.5, 0.6) is 11.5 Å². The number of hydrogen-bond donors (Lipinski definition) is 1. The molecule has 2 aromatic rings. The molecule has 15 heavy (non-hydrogen) atoms. The van der Waals surface area contributed by atoms with E-state index in [1.54, 1.807) is 30.5 Å². The Hall–Kier alpha value is -1.74. The van der Waals surface area contributed by atoms with Crippen LogP contribution in [0.4, 0.5) is 5.69 Å². The zero-order chi connectivity index (χ0) is 10.7. The van der Waals surface area contributed by atoms with Crippen LogP contribution in [0.15, 0.2) is 42.6 Å². The van der Waals surface area contributed by atoms with Gasteiger partial charge in [-0.2, -0.15) is 0 Å². The second-order valence-electron chi connectivity index (χ2n) is 2.99. The van der Waals surface area contributed by atoms with Crippen molar-refractivity contribution in [1.29, 1.82) is 0 Å². The van der Waals surface area contributed by atoms with E-state index in [9.17, 15) is 0 Å². The molecule has 0 aliphatic rings. The topological polar surface area (TPSA) is 48.1 Å². The van der Waals surface area contributed by atoms with Gasteiger partial charge < -0.3 is 10.5 Å². The summed E-state index contributed by atoms with van der Waals surface area (Å²) in [6.45, 7) is 0. The third-order valence-electron chi connectivity index (χ3n) is 1.79. The minimum absolute atomic E-state index is 0.440. The number of aromatic nitrogens is 1. The molecule has 0 radical (unpaired) electrons. The number of halogens is 1. The average Bonchev–Trinajstić information content (AvgIpc) is 2.22. The number of pyridine rings is 1. The van der Waals surface area contributed by atoms with Crippen LogP contribution in [0, 0.1) is 0 Å². The molecule has 0 aliphatic heterocycles. The molecule has 2 N–H and O–H groups in total. The number of hydrogen-bond acceptors (Lipinski definition) is 3. The molecule has 1 aromatic heterocycles. The first-order valence-corrected chi connectivity index (χ1v) is 4.77. The number of benzene rings is 1. The Morgan fingerprint density at radius 2 is 2.00 bits per heavy atom. The Balaban J connectivity index is 2.18. The van der Waals surface area contributed by atoms with Crippen molar-refractivity contribution in [2.45, 2.75) is 0 Å². The van der Waals surface area contributed by atoms with Crippen LogP contribution in [0.3, 0.4) is 0 Å². The summed E-state index contributed by atoms with van der Waals surface area (Å²) in [7, 11) is 0. The number of nitrogens with zero attached hydrogens (tertiary/aromatic N) is 1. The molecule has 76 valence electrons. The second kappa shape index (κ2) is 4.19. The Kier molecular flexibility index (Phi) is 2.74. The normalized spacial score (nSPS) is 9.93. The predicted octanol–water partition coefficient (Wildman–Crippen LogP) is 3.11. The molecule has 0 saturated carbocycles. The van der Waals surface area contributed by atoms with Crippen molar-refractivity contribution in [2.24, 2.45) is 0 Å². The predicted molar refractivity (Wildman–Crippen MR) is 60.2 cm³/mol. The summed E-state index contributed by atoms with van der Waals surface area (Å²) in [6.07, 6.45) is 1.56. The molecule has 0 bridgehead atoms. The van der Waals surface area contributed by atoms with Gasteiger partial charge in [0.15, 0.2) is 0 Å². The molecule has 4 heteroatoms. The van der Waals surface area contributed by atoms with Crippen molar-refractivity contribution in [2.75, 3.05) is 5.73 Å². The highest BCUT2D eigenvalue weighted by molar-refractivity contribution is 6.29. The van der Waals surface area contributed by atoms with Crippen LogP contribution < -0.4 is 10.5 Å². The van der Waals surface area contributed by atoms with E-state index in [-0.39, 0.29) is 0 Å². The third kappa shape index (κ3) is 2.60. The number of ether oxygens (including phenoxy) is 1. The number of nitrogen functional groups attached to an aromatic ring is 1. The summed E-state index contributed by atoms with van der Waals surface area (Å²) in [6, 6.07) is 10.6. The fourth-order valence-electron chi connectivity index (χ4n) is 1.14. The summed E-state index contributed by atoms with van der Waals surface area (Å²) in [5.41, 5.74) is 6.28. The number of nitrogens with two attached hydrogens (primary N) is 1. The maximum Gasteiger partial charge on any atom is 0.145 e. The van der Waals surface area contributed by atoms with E-state index < -0.39 is 0 Å². The Bertz CT molecular complexity index is 456. The molecule has 0 atom stereocenters. The fourth-order valence-corrected chi connectivity index (χ4v) is 1.25. The molecule has 0 fully saturated rings. The van der Waals surface area contributed by atoms with Gasteiger partial charge in [-0.15, -0.1) is 0 Å². The SMILES string of the molecule is Nc1cccc(Oc2ccc(Cl)nc2)c1.